The van der Waals surface area contributed by atoms with Gasteiger partial charge in [0.1, 0.15) is 5.01 Å². The third kappa shape index (κ3) is 1.86. The van der Waals surface area contributed by atoms with E-state index < -0.39 is 0 Å². The molecule has 0 amide bonds. The van der Waals surface area contributed by atoms with Gasteiger partial charge in [0, 0.05) is 10.9 Å². The highest BCUT2D eigenvalue weighted by Gasteiger charge is 2.22. The number of fused-ring (bicyclic) bond motifs is 1. The fraction of sp³-hybridized carbons (Fsp3) is 0.364. The summed E-state index contributed by atoms with van der Waals surface area (Å²) in [5, 5.41) is 1.12. The number of rotatable bonds is 1. The third-order valence-electron chi connectivity index (χ3n) is 2.78. The number of halogens is 1. The van der Waals surface area contributed by atoms with Gasteiger partial charge in [-0.2, -0.15) is 0 Å². The first-order valence-corrected chi connectivity index (χ1v) is 7.67. The molecular weight excluding hydrogens is 304 g/mol. The van der Waals surface area contributed by atoms with Crippen molar-refractivity contribution in [3.63, 3.8) is 0 Å². The minimum Gasteiger partial charge on any atom is -0.323 e. The van der Waals surface area contributed by atoms with Gasteiger partial charge in [-0.1, -0.05) is 0 Å². The lowest BCUT2D eigenvalue weighted by atomic mass is 9.99. The van der Waals surface area contributed by atoms with Crippen molar-refractivity contribution in [2.45, 2.75) is 25.3 Å². The first-order chi connectivity index (χ1) is 7.74. The van der Waals surface area contributed by atoms with E-state index >= 15 is 0 Å². The molecule has 1 aliphatic carbocycles. The standard InChI is InChI=1S/C11H11BrN2S2/c12-9-5-4-8(15-9)11-14-10-6(13)2-1-3-7(10)16-11/h4-6H,1-3,13H2. The molecule has 0 aliphatic heterocycles. The number of nitrogens with two attached hydrogens (primary N) is 1. The number of aromatic nitrogens is 1. The minimum absolute atomic E-state index is 0.150. The molecule has 0 bridgehead atoms. The van der Waals surface area contributed by atoms with Crippen LogP contribution < -0.4 is 5.73 Å². The van der Waals surface area contributed by atoms with E-state index in [1.54, 1.807) is 22.7 Å². The van der Waals surface area contributed by atoms with Gasteiger partial charge in [-0.25, -0.2) is 4.98 Å². The predicted octanol–water partition coefficient (Wildman–Crippen LogP) is 3.97. The van der Waals surface area contributed by atoms with Crippen molar-refractivity contribution in [1.29, 1.82) is 0 Å². The highest BCUT2D eigenvalue weighted by molar-refractivity contribution is 9.11. The normalized spacial score (nSPS) is 19.8. The quantitative estimate of drug-likeness (QED) is 0.865. The first-order valence-electron chi connectivity index (χ1n) is 5.25. The number of hydrogen-bond donors (Lipinski definition) is 1. The molecule has 16 heavy (non-hydrogen) atoms. The van der Waals surface area contributed by atoms with Crippen LogP contribution in [0.5, 0.6) is 0 Å². The lowest BCUT2D eigenvalue weighted by Gasteiger charge is -2.15. The average molecular weight is 315 g/mol. The monoisotopic (exact) mass is 314 g/mol. The third-order valence-corrected chi connectivity index (χ3v) is 5.71. The van der Waals surface area contributed by atoms with Crippen LogP contribution in [0.2, 0.25) is 0 Å². The maximum absolute atomic E-state index is 6.08. The molecule has 0 saturated heterocycles. The van der Waals surface area contributed by atoms with Crippen LogP contribution in [0, 0.1) is 0 Å². The number of thiophene rings is 1. The second kappa shape index (κ2) is 4.22. The van der Waals surface area contributed by atoms with Crippen molar-refractivity contribution in [2.24, 2.45) is 5.73 Å². The highest BCUT2D eigenvalue weighted by atomic mass is 79.9. The van der Waals surface area contributed by atoms with E-state index in [0.29, 0.717) is 0 Å². The Morgan fingerprint density at radius 2 is 2.25 bits per heavy atom. The van der Waals surface area contributed by atoms with E-state index in [-0.39, 0.29) is 6.04 Å². The lowest BCUT2D eigenvalue weighted by Crippen LogP contribution is -2.16. The topological polar surface area (TPSA) is 38.9 Å². The molecule has 0 radical (unpaired) electrons. The molecule has 1 unspecified atom stereocenters. The fourth-order valence-electron chi connectivity index (χ4n) is 1.99. The molecule has 5 heteroatoms. The Bertz CT molecular complexity index is 518. The Morgan fingerprint density at radius 3 is 2.94 bits per heavy atom. The van der Waals surface area contributed by atoms with E-state index in [1.165, 1.54) is 16.2 Å². The predicted molar refractivity (Wildman–Crippen MR) is 73.0 cm³/mol. The average Bonchev–Trinajstić information content (AvgIpc) is 2.84. The maximum atomic E-state index is 6.08. The molecule has 2 aromatic rings. The Morgan fingerprint density at radius 1 is 1.38 bits per heavy atom. The summed E-state index contributed by atoms with van der Waals surface area (Å²) in [5.41, 5.74) is 7.22. The molecule has 2 heterocycles. The van der Waals surface area contributed by atoms with E-state index in [9.17, 15) is 0 Å². The van der Waals surface area contributed by atoms with Crippen LogP contribution in [-0.4, -0.2) is 4.98 Å². The molecule has 0 fully saturated rings. The molecule has 3 rings (SSSR count). The van der Waals surface area contributed by atoms with E-state index in [2.05, 4.69) is 28.1 Å². The zero-order chi connectivity index (χ0) is 11.1. The van der Waals surface area contributed by atoms with Crippen molar-refractivity contribution in [3.8, 4) is 9.88 Å². The second-order valence-electron chi connectivity index (χ2n) is 3.93. The number of hydrogen-bond acceptors (Lipinski definition) is 4. The molecule has 0 spiro atoms. The maximum Gasteiger partial charge on any atom is 0.134 e. The van der Waals surface area contributed by atoms with Crippen molar-refractivity contribution in [1.82, 2.24) is 4.98 Å². The molecule has 0 saturated carbocycles. The van der Waals surface area contributed by atoms with Crippen LogP contribution in [0.4, 0.5) is 0 Å². The van der Waals surface area contributed by atoms with Crippen LogP contribution in [0.25, 0.3) is 9.88 Å². The summed E-state index contributed by atoms with van der Waals surface area (Å²) in [5.74, 6) is 0. The van der Waals surface area contributed by atoms with E-state index in [0.717, 1.165) is 27.3 Å². The Balaban J connectivity index is 2.04. The van der Waals surface area contributed by atoms with E-state index in [1.807, 2.05) is 0 Å². The summed E-state index contributed by atoms with van der Waals surface area (Å²) in [6.45, 7) is 0. The van der Waals surface area contributed by atoms with Gasteiger partial charge in [0.15, 0.2) is 0 Å². The summed E-state index contributed by atoms with van der Waals surface area (Å²) >= 11 is 7.02. The van der Waals surface area contributed by atoms with Crippen molar-refractivity contribution in [2.75, 3.05) is 0 Å². The smallest absolute Gasteiger partial charge is 0.134 e. The molecular formula is C11H11BrN2S2. The molecule has 1 atom stereocenters. The van der Waals surface area contributed by atoms with Gasteiger partial charge in [-0.3, -0.25) is 0 Å². The van der Waals surface area contributed by atoms with Crippen LogP contribution >= 0.6 is 38.6 Å². The number of thiazole rings is 1. The molecule has 84 valence electrons. The zero-order valence-corrected chi connectivity index (χ0v) is 11.8. The Labute approximate surface area is 111 Å². The summed E-state index contributed by atoms with van der Waals surface area (Å²) in [4.78, 5) is 7.32. The molecule has 1 aliphatic rings. The summed E-state index contributed by atoms with van der Waals surface area (Å²) in [6.07, 6.45) is 3.42. The summed E-state index contributed by atoms with van der Waals surface area (Å²) < 4.78 is 1.15. The molecule has 0 aromatic carbocycles. The number of aryl methyl sites for hydroxylation is 1. The van der Waals surface area contributed by atoms with Crippen molar-refractivity contribution >= 4 is 38.6 Å². The lowest BCUT2D eigenvalue weighted by molar-refractivity contribution is 0.564. The van der Waals surface area contributed by atoms with Crippen molar-refractivity contribution < 1.29 is 0 Å². The first kappa shape index (κ1) is 10.9. The van der Waals surface area contributed by atoms with Crippen LogP contribution in [0.3, 0.4) is 0 Å². The highest BCUT2D eigenvalue weighted by Crippen LogP contribution is 2.39. The van der Waals surface area contributed by atoms with Gasteiger partial charge in [0.25, 0.3) is 0 Å². The molecule has 2 aromatic heterocycles. The van der Waals surface area contributed by atoms with Crippen LogP contribution in [-0.2, 0) is 6.42 Å². The van der Waals surface area contributed by atoms with Gasteiger partial charge in [-0.15, -0.1) is 22.7 Å². The Hall–Kier alpha value is -0.230. The van der Waals surface area contributed by atoms with Crippen LogP contribution in [0.1, 0.15) is 29.5 Å². The summed E-state index contributed by atoms with van der Waals surface area (Å²) in [7, 11) is 0. The second-order valence-corrected chi connectivity index (χ2v) is 7.48. The molecule has 2 N–H and O–H groups in total. The van der Waals surface area contributed by atoms with Gasteiger partial charge >= 0.3 is 0 Å². The van der Waals surface area contributed by atoms with Gasteiger partial charge in [0.2, 0.25) is 0 Å². The van der Waals surface area contributed by atoms with Gasteiger partial charge < -0.3 is 5.73 Å². The SMILES string of the molecule is NC1CCCc2sc(-c3ccc(Br)s3)nc21. The van der Waals surface area contributed by atoms with Gasteiger partial charge in [0.05, 0.1) is 14.4 Å². The fourth-order valence-corrected chi connectivity index (χ4v) is 4.60. The largest absolute Gasteiger partial charge is 0.323 e. The molecule has 2 nitrogen and oxygen atoms in total. The van der Waals surface area contributed by atoms with Crippen LogP contribution in [0.15, 0.2) is 15.9 Å². The summed E-state index contributed by atoms with van der Waals surface area (Å²) in [6, 6.07) is 4.34. The van der Waals surface area contributed by atoms with E-state index in [4.69, 9.17) is 10.7 Å². The Kier molecular flexibility index (Phi) is 2.87. The number of nitrogens with zero attached hydrogens (tertiary/aromatic N) is 1. The van der Waals surface area contributed by atoms with Gasteiger partial charge in [-0.05, 0) is 47.3 Å². The zero-order valence-electron chi connectivity index (χ0n) is 8.57. The minimum atomic E-state index is 0.150. The van der Waals surface area contributed by atoms with Crippen molar-refractivity contribution in [3.05, 3.63) is 26.5 Å².